The first-order chi connectivity index (χ1) is 14.1. The number of nitrogens with one attached hydrogen (secondary N) is 3. The summed E-state index contributed by atoms with van der Waals surface area (Å²) in [5, 5.41) is 5.72. The van der Waals surface area contributed by atoms with Gasteiger partial charge in [0.2, 0.25) is 5.78 Å². The summed E-state index contributed by atoms with van der Waals surface area (Å²) in [7, 11) is 0. The van der Waals surface area contributed by atoms with Gasteiger partial charge in [-0.3, -0.25) is 19.4 Å². The SMILES string of the molecule is O=C(Nc1ccncc1)C(=O)Nc1c(C(=O)c2ccccc2)[nH]c2ccccc12. The van der Waals surface area contributed by atoms with Crippen LogP contribution in [0, 0.1) is 0 Å². The number of aromatic nitrogens is 2. The first-order valence-electron chi connectivity index (χ1n) is 8.86. The average Bonchev–Trinajstić information content (AvgIpc) is 3.13. The topological polar surface area (TPSA) is 104 Å². The summed E-state index contributed by atoms with van der Waals surface area (Å²) in [4.78, 5) is 44.7. The fraction of sp³-hybridized carbons (Fsp3) is 0. The summed E-state index contributed by atoms with van der Waals surface area (Å²) < 4.78 is 0. The smallest absolute Gasteiger partial charge is 0.314 e. The number of ketones is 1. The molecule has 2 heterocycles. The molecule has 2 aromatic heterocycles. The van der Waals surface area contributed by atoms with E-state index in [1.165, 1.54) is 12.4 Å². The molecule has 0 atom stereocenters. The number of pyridine rings is 1. The first kappa shape index (κ1) is 18.1. The fourth-order valence-electron chi connectivity index (χ4n) is 2.97. The summed E-state index contributed by atoms with van der Waals surface area (Å²) in [6.07, 6.45) is 3.01. The van der Waals surface area contributed by atoms with Crippen molar-refractivity contribution >= 4 is 39.9 Å². The zero-order chi connectivity index (χ0) is 20.2. The Kier molecular flexibility index (Phi) is 4.86. The molecule has 0 aliphatic heterocycles. The van der Waals surface area contributed by atoms with Crippen molar-refractivity contribution < 1.29 is 14.4 Å². The molecular formula is C22H16N4O3. The van der Waals surface area contributed by atoms with E-state index in [-0.39, 0.29) is 17.2 Å². The Morgan fingerprint density at radius 3 is 2.17 bits per heavy atom. The molecule has 0 saturated heterocycles. The maximum absolute atomic E-state index is 13.0. The van der Waals surface area contributed by atoms with Gasteiger partial charge in [-0.1, -0.05) is 48.5 Å². The molecule has 0 spiro atoms. The van der Waals surface area contributed by atoms with Gasteiger partial charge in [0.15, 0.2) is 0 Å². The second kappa shape index (κ2) is 7.77. The Hall–Kier alpha value is -4.26. The van der Waals surface area contributed by atoms with Crippen molar-refractivity contribution in [1.29, 1.82) is 0 Å². The van der Waals surface area contributed by atoms with E-state index < -0.39 is 11.8 Å². The van der Waals surface area contributed by atoms with Crippen LogP contribution in [0.3, 0.4) is 0 Å². The van der Waals surface area contributed by atoms with E-state index in [4.69, 9.17) is 0 Å². The highest BCUT2D eigenvalue weighted by Gasteiger charge is 2.23. The van der Waals surface area contributed by atoms with Crippen LogP contribution < -0.4 is 10.6 Å². The number of rotatable bonds is 4. The Labute approximate surface area is 165 Å². The van der Waals surface area contributed by atoms with Gasteiger partial charge in [-0.05, 0) is 18.2 Å². The van der Waals surface area contributed by atoms with Gasteiger partial charge < -0.3 is 15.6 Å². The maximum atomic E-state index is 13.0. The molecule has 0 saturated carbocycles. The minimum absolute atomic E-state index is 0.211. The molecule has 0 aliphatic rings. The lowest BCUT2D eigenvalue weighted by Gasteiger charge is -2.08. The summed E-state index contributed by atoms with van der Waals surface area (Å²) in [5.41, 5.74) is 2.07. The molecule has 29 heavy (non-hydrogen) atoms. The molecule has 4 rings (SSSR count). The van der Waals surface area contributed by atoms with Crippen molar-refractivity contribution in [3.8, 4) is 0 Å². The van der Waals surface area contributed by atoms with E-state index in [0.29, 0.717) is 22.2 Å². The zero-order valence-corrected chi connectivity index (χ0v) is 15.2. The third-order valence-corrected chi connectivity index (χ3v) is 4.35. The highest BCUT2D eigenvalue weighted by Crippen LogP contribution is 2.29. The monoisotopic (exact) mass is 384 g/mol. The quantitative estimate of drug-likeness (QED) is 0.371. The second-order valence-electron chi connectivity index (χ2n) is 6.26. The molecule has 0 aliphatic carbocycles. The van der Waals surface area contributed by atoms with Crippen molar-refractivity contribution in [3.05, 3.63) is 90.4 Å². The van der Waals surface area contributed by atoms with E-state index in [2.05, 4.69) is 20.6 Å². The van der Waals surface area contributed by atoms with Crippen LogP contribution in [0.25, 0.3) is 10.9 Å². The predicted octanol–water partition coefficient (Wildman–Crippen LogP) is 3.37. The summed E-state index contributed by atoms with van der Waals surface area (Å²) >= 11 is 0. The van der Waals surface area contributed by atoms with Crippen molar-refractivity contribution in [2.45, 2.75) is 0 Å². The second-order valence-corrected chi connectivity index (χ2v) is 6.26. The first-order valence-corrected chi connectivity index (χ1v) is 8.86. The van der Waals surface area contributed by atoms with E-state index in [9.17, 15) is 14.4 Å². The van der Waals surface area contributed by atoms with Crippen LogP contribution in [0.5, 0.6) is 0 Å². The van der Waals surface area contributed by atoms with Gasteiger partial charge in [-0.2, -0.15) is 0 Å². The molecule has 4 aromatic rings. The van der Waals surface area contributed by atoms with Crippen molar-refractivity contribution in [1.82, 2.24) is 9.97 Å². The number of para-hydroxylation sites is 1. The maximum Gasteiger partial charge on any atom is 0.314 e. The van der Waals surface area contributed by atoms with Gasteiger partial charge in [0, 0.05) is 34.5 Å². The number of fused-ring (bicyclic) bond motifs is 1. The Balaban J connectivity index is 1.66. The number of anilines is 2. The van der Waals surface area contributed by atoms with Crippen molar-refractivity contribution in [2.24, 2.45) is 0 Å². The van der Waals surface area contributed by atoms with E-state index >= 15 is 0 Å². The number of aromatic amines is 1. The molecule has 0 radical (unpaired) electrons. The lowest BCUT2D eigenvalue weighted by molar-refractivity contribution is -0.132. The molecule has 3 N–H and O–H groups in total. The van der Waals surface area contributed by atoms with Gasteiger partial charge in [0.05, 0.1) is 5.69 Å². The predicted molar refractivity (Wildman–Crippen MR) is 110 cm³/mol. The van der Waals surface area contributed by atoms with Crippen LogP contribution in [0.15, 0.2) is 79.1 Å². The van der Waals surface area contributed by atoms with Crippen LogP contribution in [-0.4, -0.2) is 27.6 Å². The van der Waals surface area contributed by atoms with Crippen LogP contribution in [0.1, 0.15) is 16.1 Å². The molecule has 2 aromatic carbocycles. The Morgan fingerprint density at radius 2 is 1.41 bits per heavy atom. The van der Waals surface area contributed by atoms with Gasteiger partial charge in [0.1, 0.15) is 5.69 Å². The Bertz CT molecular complexity index is 1200. The lowest BCUT2D eigenvalue weighted by Crippen LogP contribution is -2.29. The molecule has 142 valence electrons. The third-order valence-electron chi connectivity index (χ3n) is 4.35. The fourth-order valence-corrected chi connectivity index (χ4v) is 2.97. The number of carbonyl (C=O) groups excluding carboxylic acids is 3. The molecule has 7 heteroatoms. The van der Waals surface area contributed by atoms with E-state index in [0.717, 1.165) is 0 Å². The number of carbonyl (C=O) groups is 3. The number of nitrogens with zero attached hydrogens (tertiary/aromatic N) is 1. The summed E-state index contributed by atoms with van der Waals surface area (Å²) in [6.45, 7) is 0. The molecular weight excluding hydrogens is 368 g/mol. The van der Waals surface area contributed by atoms with Gasteiger partial charge in [-0.15, -0.1) is 0 Å². The van der Waals surface area contributed by atoms with Gasteiger partial charge in [0.25, 0.3) is 0 Å². The number of hydrogen-bond acceptors (Lipinski definition) is 4. The summed E-state index contributed by atoms with van der Waals surface area (Å²) in [6, 6.07) is 19.0. The van der Waals surface area contributed by atoms with Crippen molar-refractivity contribution in [2.75, 3.05) is 10.6 Å². The minimum Gasteiger partial charge on any atom is -0.350 e. The number of benzene rings is 2. The lowest BCUT2D eigenvalue weighted by atomic mass is 10.1. The number of amides is 2. The van der Waals surface area contributed by atoms with E-state index in [1.54, 1.807) is 54.6 Å². The molecule has 7 nitrogen and oxygen atoms in total. The van der Waals surface area contributed by atoms with Crippen LogP contribution >= 0.6 is 0 Å². The highest BCUT2D eigenvalue weighted by molar-refractivity contribution is 6.44. The van der Waals surface area contributed by atoms with Gasteiger partial charge in [-0.25, -0.2) is 0 Å². The number of hydrogen-bond donors (Lipinski definition) is 3. The number of H-pyrrole nitrogens is 1. The summed E-state index contributed by atoms with van der Waals surface area (Å²) in [5.74, 6) is -2.01. The van der Waals surface area contributed by atoms with Crippen LogP contribution in [0.4, 0.5) is 11.4 Å². The highest BCUT2D eigenvalue weighted by atomic mass is 16.2. The largest absolute Gasteiger partial charge is 0.350 e. The third kappa shape index (κ3) is 3.74. The van der Waals surface area contributed by atoms with Crippen molar-refractivity contribution in [3.63, 3.8) is 0 Å². The van der Waals surface area contributed by atoms with E-state index in [1.807, 2.05) is 12.1 Å². The normalized spacial score (nSPS) is 10.5. The molecule has 0 unspecified atom stereocenters. The Morgan fingerprint density at radius 1 is 0.759 bits per heavy atom. The van der Waals surface area contributed by atoms with Crippen LogP contribution in [0.2, 0.25) is 0 Å². The average molecular weight is 384 g/mol. The zero-order valence-electron chi connectivity index (χ0n) is 15.2. The molecule has 0 fully saturated rings. The minimum atomic E-state index is -0.881. The standard InChI is InChI=1S/C22H16N4O3/c27-20(14-6-2-1-3-7-14)19-18(16-8-4-5-9-17(16)25-19)26-22(29)21(28)24-15-10-12-23-13-11-15/h1-13,25H,(H,26,29)(H,23,24,28). The van der Waals surface area contributed by atoms with Crippen LogP contribution in [-0.2, 0) is 9.59 Å². The molecule has 0 bridgehead atoms. The molecule has 2 amide bonds. The van der Waals surface area contributed by atoms with Gasteiger partial charge >= 0.3 is 11.8 Å².